The molecule has 0 unspecified atom stereocenters. The van der Waals surface area contributed by atoms with Crippen molar-refractivity contribution < 1.29 is 9.90 Å². The lowest BCUT2D eigenvalue weighted by molar-refractivity contribution is 0.0696. The van der Waals surface area contributed by atoms with Gasteiger partial charge in [0.1, 0.15) is 5.82 Å². The van der Waals surface area contributed by atoms with Crippen molar-refractivity contribution in [3.8, 4) is 0 Å². The maximum atomic E-state index is 10.6. The summed E-state index contributed by atoms with van der Waals surface area (Å²) in [6, 6.07) is 9.66. The zero-order valence-electron chi connectivity index (χ0n) is 9.00. The van der Waals surface area contributed by atoms with Gasteiger partial charge in [-0.05, 0) is 12.1 Å². The molecule has 1 aromatic carbocycles. The number of nitrogens with one attached hydrogen (secondary N) is 1. The number of rotatable bonds is 4. The SMILES string of the molecule is O=C(O)c1cnc(CNc2ccccc2)nc1. The molecular weight excluding hydrogens is 218 g/mol. The molecule has 0 saturated carbocycles. The summed E-state index contributed by atoms with van der Waals surface area (Å²) in [7, 11) is 0. The third-order valence-corrected chi connectivity index (χ3v) is 2.18. The lowest BCUT2D eigenvalue weighted by Crippen LogP contribution is -2.06. The van der Waals surface area contributed by atoms with Crippen molar-refractivity contribution >= 4 is 11.7 Å². The maximum Gasteiger partial charge on any atom is 0.338 e. The van der Waals surface area contributed by atoms with E-state index in [1.807, 2.05) is 30.3 Å². The number of aromatic nitrogens is 2. The molecule has 86 valence electrons. The fraction of sp³-hybridized carbons (Fsp3) is 0.0833. The summed E-state index contributed by atoms with van der Waals surface area (Å²) in [5, 5.41) is 11.8. The van der Waals surface area contributed by atoms with Crippen LogP contribution in [0.5, 0.6) is 0 Å². The van der Waals surface area contributed by atoms with Gasteiger partial charge >= 0.3 is 5.97 Å². The molecule has 1 heterocycles. The molecule has 0 atom stereocenters. The molecule has 0 spiro atoms. The largest absolute Gasteiger partial charge is 0.478 e. The minimum atomic E-state index is -1.02. The summed E-state index contributed by atoms with van der Waals surface area (Å²) in [6.07, 6.45) is 2.61. The number of hydrogen-bond donors (Lipinski definition) is 2. The Morgan fingerprint density at radius 3 is 2.41 bits per heavy atom. The molecule has 17 heavy (non-hydrogen) atoms. The zero-order valence-corrected chi connectivity index (χ0v) is 9.00. The van der Waals surface area contributed by atoms with E-state index in [0.717, 1.165) is 5.69 Å². The van der Waals surface area contributed by atoms with E-state index in [-0.39, 0.29) is 5.56 Å². The van der Waals surface area contributed by atoms with Crippen molar-refractivity contribution in [3.05, 3.63) is 54.1 Å². The first-order valence-electron chi connectivity index (χ1n) is 5.09. The third kappa shape index (κ3) is 3.01. The van der Waals surface area contributed by atoms with Gasteiger partial charge in [-0.25, -0.2) is 14.8 Å². The number of carbonyl (C=O) groups is 1. The van der Waals surface area contributed by atoms with Gasteiger partial charge in [0.2, 0.25) is 0 Å². The first-order chi connectivity index (χ1) is 8.25. The Labute approximate surface area is 98.2 Å². The quantitative estimate of drug-likeness (QED) is 0.835. The van der Waals surface area contributed by atoms with Crippen LogP contribution in [0.25, 0.3) is 0 Å². The number of benzene rings is 1. The Morgan fingerprint density at radius 2 is 1.82 bits per heavy atom. The highest BCUT2D eigenvalue weighted by Crippen LogP contribution is 2.06. The molecule has 5 heteroatoms. The van der Waals surface area contributed by atoms with Crippen LogP contribution < -0.4 is 5.32 Å². The Hall–Kier alpha value is -2.43. The van der Waals surface area contributed by atoms with Gasteiger partial charge in [-0.15, -0.1) is 0 Å². The van der Waals surface area contributed by atoms with Crippen LogP contribution in [0.4, 0.5) is 5.69 Å². The molecule has 2 aromatic rings. The van der Waals surface area contributed by atoms with E-state index in [2.05, 4.69) is 15.3 Å². The Bertz CT molecular complexity index is 497. The lowest BCUT2D eigenvalue weighted by Gasteiger charge is -2.04. The molecule has 5 nitrogen and oxygen atoms in total. The van der Waals surface area contributed by atoms with Crippen molar-refractivity contribution in [2.24, 2.45) is 0 Å². The first-order valence-corrected chi connectivity index (χ1v) is 5.09. The minimum absolute atomic E-state index is 0.0912. The monoisotopic (exact) mass is 229 g/mol. The number of hydrogen-bond acceptors (Lipinski definition) is 4. The van der Waals surface area contributed by atoms with E-state index in [1.165, 1.54) is 12.4 Å². The number of carboxylic acids is 1. The third-order valence-electron chi connectivity index (χ3n) is 2.18. The van der Waals surface area contributed by atoms with Gasteiger partial charge in [0.25, 0.3) is 0 Å². The van der Waals surface area contributed by atoms with Crippen LogP contribution >= 0.6 is 0 Å². The molecule has 1 aromatic heterocycles. The van der Waals surface area contributed by atoms with Gasteiger partial charge in [-0.1, -0.05) is 18.2 Å². The fourth-order valence-electron chi connectivity index (χ4n) is 1.29. The van der Waals surface area contributed by atoms with Crippen LogP contribution in [0.2, 0.25) is 0 Å². The van der Waals surface area contributed by atoms with Gasteiger partial charge in [0.05, 0.1) is 12.1 Å². The topological polar surface area (TPSA) is 75.1 Å². The lowest BCUT2D eigenvalue weighted by atomic mass is 10.3. The second-order valence-electron chi connectivity index (χ2n) is 3.41. The van der Waals surface area contributed by atoms with Crippen molar-refractivity contribution in [1.82, 2.24) is 9.97 Å². The summed E-state index contributed by atoms with van der Waals surface area (Å²) in [6.45, 7) is 0.462. The second-order valence-corrected chi connectivity index (χ2v) is 3.41. The highest BCUT2D eigenvalue weighted by atomic mass is 16.4. The fourth-order valence-corrected chi connectivity index (χ4v) is 1.29. The summed E-state index contributed by atoms with van der Waals surface area (Å²) in [5.74, 6) is -0.466. The van der Waals surface area contributed by atoms with Crippen LogP contribution in [0.3, 0.4) is 0 Å². The number of carboxylic acid groups (broad SMARTS) is 1. The van der Waals surface area contributed by atoms with E-state index in [9.17, 15) is 4.79 Å². The normalized spacial score (nSPS) is 9.88. The summed E-state index contributed by atoms with van der Waals surface area (Å²) in [5.41, 5.74) is 1.06. The molecule has 0 aliphatic heterocycles. The molecule has 2 rings (SSSR count). The molecule has 0 aliphatic carbocycles. The van der Waals surface area contributed by atoms with E-state index < -0.39 is 5.97 Å². The predicted octanol–water partition coefficient (Wildman–Crippen LogP) is 1.79. The Morgan fingerprint density at radius 1 is 1.18 bits per heavy atom. The molecule has 0 amide bonds. The molecule has 0 bridgehead atoms. The van der Waals surface area contributed by atoms with Crippen LogP contribution in [0, 0.1) is 0 Å². The van der Waals surface area contributed by atoms with Gasteiger partial charge < -0.3 is 10.4 Å². The number of nitrogens with zero attached hydrogens (tertiary/aromatic N) is 2. The van der Waals surface area contributed by atoms with Crippen LogP contribution in [0.1, 0.15) is 16.2 Å². The molecule has 0 saturated heterocycles. The number of aromatic carboxylic acids is 1. The number of anilines is 1. The first kappa shape index (κ1) is 11.1. The van der Waals surface area contributed by atoms with Crippen molar-refractivity contribution in [1.29, 1.82) is 0 Å². The van der Waals surface area contributed by atoms with Gasteiger partial charge in [-0.3, -0.25) is 0 Å². The standard InChI is InChI=1S/C12H11N3O2/c16-12(17)9-6-14-11(15-7-9)8-13-10-4-2-1-3-5-10/h1-7,13H,8H2,(H,16,17). The van der Waals surface area contributed by atoms with Gasteiger partial charge in [-0.2, -0.15) is 0 Å². The summed E-state index contributed by atoms with van der Waals surface area (Å²) < 4.78 is 0. The van der Waals surface area contributed by atoms with Crippen molar-refractivity contribution in [2.45, 2.75) is 6.54 Å². The highest BCUT2D eigenvalue weighted by Gasteiger charge is 2.03. The van der Waals surface area contributed by atoms with Gasteiger partial charge in [0.15, 0.2) is 0 Å². The average Bonchev–Trinajstić information content (AvgIpc) is 2.38. The minimum Gasteiger partial charge on any atom is -0.478 e. The summed E-state index contributed by atoms with van der Waals surface area (Å²) in [4.78, 5) is 18.5. The van der Waals surface area contributed by atoms with E-state index in [4.69, 9.17) is 5.11 Å². The average molecular weight is 229 g/mol. The van der Waals surface area contributed by atoms with Crippen LogP contribution in [-0.4, -0.2) is 21.0 Å². The summed E-state index contributed by atoms with van der Waals surface area (Å²) >= 11 is 0. The van der Waals surface area contributed by atoms with Crippen molar-refractivity contribution in [2.75, 3.05) is 5.32 Å². The van der Waals surface area contributed by atoms with Gasteiger partial charge in [0, 0.05) is 18.1 Å². The Balaban J connectivity index is 1.98. The highest BCUT2D eigenvalue weighted by molar-refractivity contribution is 5.86. The molecule has 0 fully saturated rings. The number of para-hydroxylation sites is 1. The Kier molecular flexibility index (Phi) is 3.30. The maximum absolute atomic E-state index is 10.6. The molecule has 0 radical (unpaired) electrons. The second kappa shape index (κ2) is 5.07. The zero-order chi connectivity index (χ0) is 12.1. The van der Waals surface area contributed by atoms with E-state index >= 15 is 0 Å². The van der Waals surface area contributed by atoms with Crippen LogP contribution in [0.15, 0.2) is 42.7 Å². The van der Waals surface area contributed by atoms with Crippen LogP contribution in [-0.2, 0) is 6.54 Å². The van der Waals surface area contributed by atoms with E-state index in [1.54, 1.807) is 0 Å². The molecule has 2 N–H and O–H groups in total. The smallest absolute Gasteiger partial charge is 0.338 e. The van der Waals surface area contributed by atoms with Crippen molar-refractivity contribution in [3.63, 3.8) is 0 Å². The van der Waals surface area contributed by atoms with E-state index in [0.29, 0.717) is 12.4 Å². The predicted molar refractivity (Wildman–Crippen MR) is 62.8 cm³/mol. The molecular formula is C12H11N3O2. The molecule has 0 aliphatic rings.